The fraction of sp³-hybridized carbons (Fsp3) is 0.444. The average molecular weight is 345 g/mol. The molecule has 0 atom stereocenters. The van der Waals surface area contributed by atoms with Crippen molar-refractivity contribution in [3.05, 3.63) is 48.8 Å². The van der Waals surface area contributed by atoms with Crippen LogP contribution < -0.4 is 10.6 Å². The summed E-state index contributed by atoms with van der Waals surface area (Å²) in [7, 11) is 0. The van der Waals surface area contributed by atoms with Crippen molar-refractivity contribution in [1.82, 2.24) is 19.8 Å². The van der Waals surface area contributed by atoms with Gasteiger partial charge in [0.2, 0.25) is 0 Å². The van der Waals surface area contributed by atoms with Crippen LogP contribution in [0.3, 0.4) is 0 Å². The maximum atomic E-state index is 12.9. The zero-order valence-corrected chi connectivity index (χ0v) is 14.2. The summed E-state index contributed by atoms with van der Waals surface area (Å²) in [4.78, 5) is 18.5. The molecule has 0 saturated carbocycles. The quantitative estimate of drug-likeness (QED) is 0.846. The van der Waals surface area contributed by atoms with E-state index in [1.54, 1.807) is 18.3 Å². The number of aromatic nitrogens is 2. The topological polar surface area (TPSA) is 62.2 Å². The Morgan fingerprint density at radius 2 is 1.96 bits per heavy atom. The zero-order chi connectivity index (χ0) is 17.5. The van der Waals surface area contributed by atoms with E-state index in [2.05, 4.69) is 25.1 Å². The van der Waals surface area contributed by atoms with Gasteiger partial charge in [-0.2, -0.15) is 0 Å². The van der Waals surface area contributed by atoms with Gasteiger partial charge in [0.1, 0.15) is 5.82 Å². The highest BCUT2D eigenvalue weighted by Crippen LogP contribution is 2.12. The molecule has 0 bridgehead atoms. The Morgan fingerprint density at radius 1 is 1.20 bits per heavy atom. The number of rotatable bonds is 6. The summed E-state index contributed by atoms with van der Waals surface area (Å²) >= 11 is 0. The van der Waals surface area contributed by atoms with Gasteiger partial charge in [0, 0.05) is 43.8 Å². The van der Waals surface area contributed by atoms with Crippen LogP contribution in [-0.2, 0) is 6.54 Å². The number of amides is 2. The molecule has 0 aliphatic carbocycles. The first kappa shape index (κ1) is 17.4. The lowest BCUT2D eigenvalue weighted by Crippen LogP contribution is -2.46. The summed E-state index contributed by atoms with van der Waals surface area (Å²) in [5, 5.41) is 5.74. The minimum Gasteiger partial charge on any atom is -0.337 e. The molecule has 134 valence electrons. The highest BCUT2D eigenvalue weighted by atomic mass is 19.1. The van der Waals surface area contributed by atoms with Gasteiger partial charge in [0.05, 0.1) is 6.33 Å². The maximum Gasteiger partial charge on any atom is 0.319 e. The van der Waals surface area contributed by atoms with E-state index in [-0.39, 0.29) is 17.9 Å². The number of likely N-dealkylation sites (tertiary alicyclic amines) is 1. The van der Waals surface area contributed by atoms with Gasteiger partial charge < -0.3 is 20.1 Å². The van der Waals surface area contributed by atoms with Gasteiger partial charge in [0.25, 0.3) is 0 Å². The lowest BCUT2D eigenvalue weighted by atomic mass is 10.1. The maximum absolute atomic E-state index is 12.9. The van der Waals surface area contributed by atoms with E-state index in [9.17, 15) is 9.18 Å². The predicted molar refractivity (Wildman–Crippen MR) is 94.9 cm³/mol. The van der Waals surface area contributed by atoms with Gasteiger partial charge >= 0.3 is 6.03 Å². The van der Waals surface area contributed by atoms with Crippen LogP contribution in [0.5, 0.6) is 0 Å². The van der Waals surface area contributed by atoms with Gasteiger partial charge in [0.15, 0.2) is 0 Å². The number of nitrogens with zero attached hydrogens (tertiary/aromatic N) is 3. The van der Waals surface area contributed by atoms with Crippen molar-refractivity contribution < 1.29 is 9.18 Å². The number of hydrogen-bond donors (Lipinski definition) is 2. The molecular weight excluding hydrogens is 321 g/mol. The number of carbonyl (C=O) groups excluding carboxylic acids is 1. The Kier molecular flexibility index (Phi) is 6.00. The van der Waals surface area contributed by atoms with E-state index < -0.39 is 0 Å². The summed E-state index contributed by atoms with van der Waals surface area (Å²) in [6, 6.07) is 5.72. The number of benzene rings is 1. The number of nitrogens with one attached hydrogen (secondary N) is 2. The fourth-order valence-electron chi connectivity index (χ4n) is 3.08. The van der Waals surface area contributed by atoms with Crippen molar-refractivity contribution in [2.75, 3.05) is 25.0 Å². The summed E-state index contributed by atoms with van der Waals surface area (Å²) in [5.41, 5.74) is 0.593. The van der Waals surface area contributed by atoms with Crippen LogP contribution in [0.1, 0.15) is 19.3 Å². The van der Waals surface area contributed by atoms with E-state index in [0.29, 0.717) is 5.69 Å². The first-order valence-corrected chi connectivity index (χ1v) is 8.70. The molecular formula is C18H24FN5O. The van der Waals surface area contributed by atoms with Gasteiger partial charge in [-0.15, -0.1) is 0 Å². The SMILES string of the molecule is O=C(Nc1ccc(F)cc1)NC1CCN(CCCn2ccnc2)CC1. The first-order chi connectivity index (χ1) is 12.2. The van der Waals surface area contributed by atoms with Gasteiger partial charge in [-0.3, -0.25) is 0 Å². The van der Waals surface area contributed by atoms with Crippen molar-refractivity contribution in [3.63, 3.8) is 0 Å². The predicted octanol–water partition coefficient (Wildman–Crippen LogP) is 2.70. The third-order valence-electron chi connectivity index (χ3n) is 4.47. The molecule has 2 aromatic rings. The Balaban J connectivity index is 1.33. The number of urea groups is 1. The summed E-state index contributed by atoms with van der Waals surface area (Å²) in [6.07, 6.45) is 8.61. The minimum atomic E-state index is -0.314. The smallest absolute Gasteiger partial charge is 0.319 e. The third kappa shape index (κ3) is 5.56. The van der Waals surface area contributed by atoms with Crippen molar-refractivity contribution in [1.29, 1.82) is 0 Å². The number of aryl methyl sites for hydroxylation is 1. The standard InChI is InChI=1S/C18H24FN5O/c19-15-2-4-16(5-3-15)21-18(25)22-17-6-11-23(12-7-17)9-1-10-24-13-8-20-14-24/h2-5,8,13-14,17H,1,6-7,9-12H2,(H2,21,22,25). The molecule has 2 N–H and O–H groups in total. The number of carbonyl (C=O) groups is 1. The van der Waals surface area contributed by atoms with E-state index in [1.807, 2.05) is 12.5 Å². The average Bonchev–Trinajstić information content (AvgIpc) is 3.12. The van der Waals surface area contributed by atoms with Crippen LogP contribution in [0.4, 0.5) is 14.9 Å². The Hall–Kier alpha value is -2.41. The van der Waals surface area contributed by atoms with Crippen LogP contribution in [0.25, 0.3) is 0 Å². The Bertz CT molecular complexity index is 651. The molecule has 2 heterocycles. The molecule has 1 aromatic carbocycles. The van der Waals surface area contributed by atoms with Crippen LogP contribution in [0, 0.1) is 5.82 Å². The van der Waals surface area contributed by atoms with Crippen LogP contribution in [0.2, 0.25) is 0 Å². The number of hydrogen-bond acceptors (Lipinski definition) is 3. The Labute approximate surface area is 147 Å². The van der Waals surface area contributed by atoms with Gasteiger partial charge in [-0.05, 0) is 50.1 Å². The summed E-state index contributed by atoms with van der Waals surface area (Å²) < 4.78 is 15.0. The van der Waals surface area contributed by atoms with Crippen molar-refractivity contribution in [2.45, 2.75) is 31.8 Å². The molecule has 1 aliphatic heterocycles. The molecule has 0 unspecified atom stereocenters. The van der Waals surface area contributed by atoms with E-state index in [1.165, 1.54) is 12.1 Å². The second-order valence-corrected chi connectivity index (χ2v) is 6.38. The van der Waals surface area contributed by atoms with Crippen molar-refractivity contribution >= 4 is 11.7 Å². The largest absolute Gasteiger partial charge is 0.337 e. The van der Waals surface area contributed by atoms with Crippen molar-refractivity contribution in [2.24, 2.45) is 0 Å². The molecule has 1 aromatic heterocycles. The van der Waals surface area contributed by atoms with E-state index >= 15 is 0 Å². The summed E-state index contributed by atoms with van der Waals surface area (Å²) in [5.74, 6) is -0.314. The normalized spacial score (nSPS) is 15.9. The monoisotopic (exact) mass is 345 g/mol. The second-order valence-electron chi connectivity index (χ2n) is 6.38. The van der Waals surface area contributed by atoms with E-state index in [4.69, 9.17) is 0 Å². The molecule has 0 spiro atoms. The number of imidazole rings is 1. The molecule has 6 nitrogen and oxygen atoms in total. The number of halogens is 1. The Morgan fingerprint density at radius 3 is 2.64 bits per heavy atom. The molecule has 2 amide bonds. The van der Waals surface area contributed by atoms with Crippen LogP contribution >= 0.6 is 0 Å². The molecule has 0 radical (unpaired) electrons. The zero-order valence-electron chi connectivity index (χ0n) is 14.2. The summed E-state index contributed by atoms with van der Waals surface area (Å²) in [6.45, 7) is 4.03. The fourth-order valence-corrected chi connectivity index (χ4v) is 3.08. The van der Waals surface area contributed by atoms with Gasteiger partial charge in [-0.1, -0.05) is 0 Å². The van der Waals surface area contributed by atoms with Gasteiger partial charge in [-0.25, -0.2) is 14.2 Å². The number of anilines is 1. The molecule has 1 saturated heterocycles. The van der Waals surface area contributed by atoms with Crippen LogP contribution in [-0.4, -0.2) is 46.2 Å². The molecule has 3 rings (SSSR count). The molecule has 1 fully saturated rings. The molecule has 25 heavy (non-hydrogen) atoms. The lowest BCUT2D eigenvalue weighted by Gasteiger charge is -2.32. The highest BCUT2D eigenvalue weighted by Gasteiger charge is 2.20. The second kappa shape index (κ2) is 8.62. The lowest BCUT2D eigenvalue weighted by molar-refractivity contribution is 0.192. The van der Waals surface area contributed by atoms with Crippen LogP contribution in [0.15, 0.2) is 43.0 Å². The molecule has 1 aliphatic rings. The first-order valence-electron chi connectivity index (χ1n) is 8.70. The minimum absolute atomic E-state index is 0.186. The third-order valence-corrected chi connectivity index (χ3v) is 4.47. The molecule has 7 heteroatoms. The van der Waals surface area contributed by atoms with E-state index in [0.717, 1.165) is 45.4 Å². The highest BCUT2D eigenvalue weighted by molar-refractivity contribution is 5.89. The number of piperidine rings is 1. The van der Waals surface area contributed by atoms with Crippen molar-refractivity contribution in [3.8, 4) is 0 Å².